The number of nitrogens with zero attached hydrogens (tertiary/aromatic N) is 2. The molecule has 1 fully saturated rings. The van der Waals surface area contributed by atoms with Crippen molar-refractivity contribution in [2.75, 3.05) is 6.54 Å². The average molecular weight is 329 g/mol. The number of sulfonamides is 1. The zero-order chi connectivity index (χ0) is 15.6. The van der Waals surface area contributed by atoms with Gasteiger partial charge in [-0.05, 0) is 37.5 Å². The van der Waals surface area contributed by atoms with Gasteiger partial charge in [-0.25, -0.2) is 8.42 Å². The van der Waals surface area contributed by atoms with Gasteiger partial charge in [0.1, 0.15) is 10.9 Å². The molecule has 0 spiro atoms. The molecule has 112 valence electrons. The molecule has 1 aliphatic heterocycles. The van der Waals surface area contributed by atoms with Crippen LogP contribution < -0.4 is 0 Å². The van der Waals surface area contributed by atoms with E-state index in [2.05, 4.69) is 0 Å². The van der Waals surface area contributed by atoms with E-state index in [1.807, 2.05) is 6.07 Å². The van der Waals surface area contributed by atoms with Gasteiger partial charge in [-0.1, -0.05) is 11.6 Å². The van der Waals surface area contributed by atoms with Gasteiger partial charge in [0.05, 0.1) is 16.7 Å². The van der Waals surface area contributed by atoms with Crippen molar-refractivity contribution in [3.05, 3.63) is 28.8 Å². The number of halogens is 1. The first-order chi connectivity index (χ1) is 9.87. The third-order valence-corrected chi connectivity index (χ3v) is 5.78. The van der Waals surface area contributed by atoms with E-state index in [0.717, 1.165) is 4.31 Å². The summed E-state index contributed by atoms with van der Waals surface area (Å²) in [6, 6.07) is 4.64. The number of carbonyl (C=O) groups is 1. The Morgan fingerprint density at radius 3 is 2.71 bits per heavy atom. The number of carboxylic acids is 1. The number of hydrogen-bond donors (Lipinski definition) is 1. The second-order valence-electron chi connectivity index (χ2n) is 4.72. The number of hydrogen-bond acceptors (Lipinski definition) is 4. The van der Waals surface area contributed by atoms with Crippen LogP contribution in [-0.2, 0) is 14.8 Å². The van der Waals surface area contributed by atoms with Crippen LogP contribution >= 0.6 is 11.6 Å². The maximum atomic E-state index is 12.6. The second kappa shape index (κ2) is 6.02. The summed E-state index contributed by atoms with van der Waals surface area (Å²) in [4.78, 5) is 11.1. The topological polar surface area (TPSA) is 98.5 Å². The number of nitriles is 1. The molecule has 0 saturated carbocycles. The first-order valence-corrected chi connectivity index (χ1v) is 8.14. The fraction of sp³-hybridized carbons (Fsp3) is 0.385. The second-order valence-corrected chi connectivity index (χ2v) is 6.99. The van der Waals surface area contributed by atoms with Crippen LogP contribution in [0.4, 0.5) is 0 Å². The molecule has 1 atom stereocenters. The first-order valence-electron chi connectivity index (χ1n) is 6.32. The molecule has 1 saturated heterocycles. The molecule has 0 bridgehead atoms. The molecule has 1 aromatic rings. The Morgan fingerprint density at radius 1 is 1.43 bits per heavy atom. The summed E-state index contributed by atoms with van der Waals surface area (Å²) >= 11 is 5.93. The monoisotopic (exact) mass is 328 g/mol. The van der Waals surface area contributed by atoms with Crippen molar-refractivity contribution in [2.45, 2.75) is 30.2 Å². The van der Waals surface area contributed by atoms with Crippen molar-refractivity contribution >= 4 is 27.6 Å². The van der Waals surface area contributed by atoms with Gasteiger partial charge in [0.25, 0.3) is 0 Å². The fourth-order valence-corrected chi connectivity index (χ4v) is 4.52. The van der Waals surface area contributed by atoms with Gasteiger partial charge >= 0.3 is 5.97 Å². The minimum absolute atomic E-state index is 0.0798. The van der Waals surface area contributed by atoms with Crippen molar-refractivity contribution in [2.24, 2.45) is 0 Å². The molecule has 2 rings (SSSR count). The lowest BCUT2D eigenvalue weighted by molar-refractivity contribution is -0.142. The number of carboxylic acid groups (broad SMARTS) is 1. The Balaban J connectivity index is 2.46. The van der Waals surface area contributed by atoms with E-state index in [0.29, 0.717) is 12.8 Å². The normalized spacial score (nSPS) is 19.9. The Hall–Kier alpha value is -1.62. The van der Waals surface area contributed by atoms with Crippen molar-refractivity contribution in [3.8, 4) is 6.07 Å². The highest BCUT2D eigenvalue weighted by Gasteiger charge is 2.38. The molecular formula is C13H13ClN2O4S. The number of aliphatic carboxylic acids is 1. The van der Waals surface area contributed by atoms with E-state index in [-0.39, 0.29) is 28.4 Å². The average Bonchev–Trinajstić information content (AvgIpc) is 2.46. The Bertz CT molecular complexity index is 711. The van der Waals surface area contributed by atoms with Crippen LogP contribution in [-0.4, -0.2) is 36.4 Å². The van der Waals surface area contributed by atoms with Gasteiger partial charge in [-0.15, -0.1) is 0 Å². The summed E-state index contributed by atoms with van der Waals surface area (Å²) in [6.45, 7) is 0.148. The largest absolute Gasteiger partial charge is 0.480 e. The molecule has 1 N–H and O–H groups in total. The molecule has 6 nitrogen and oxygen atoms in total. The van der Waals surface area contributed by atoms with Gasteiger partial charge in [-0.3, -0.25) is 4.79 Å². The van der Waals surface area contributed by atoms with E-state index in [9.17, 15) is 18.3 Å². The highest BCUT2D eigenvalue weighted by Crippen LogP contribution is 2.30. The molecule has 1 unspecified atom stereocenters. The maximum absolute atomic E-state index is 12.6. The molecule has 1 heterocycles. The number of rotatable bonds is 3. The van der Waals surface area contributed by atoms with E-state index in [4.69, 9.17) is 16.9 Å². The van der Waals surface area contributed by atoms with Crippen LogP contribution in [0, 0.1) is 11.3 Å². The van der Waals surface area contributed by atoms with E-state index >= 15 is 0 Å². The third kappa shape index (κ3) is 3.02. The van der Waals surface area contributed by atoms with E-state index in [1.165, 1.54) is 18.2 Å². The summed E-state index contributed by atoms with van der Waals surface area (Å²) in [5, 5.41) is 17.9. The molecule has 21 heavy (non-hydrogen) atoms. The molecule has 1 aliphatic rings. The lowest BCUT2D eigenvalue weighted by Gasteiger charge is -2.32. The van der Waals surface area contributed by atoms with E-state index < -0.39 is 22.0 Å². The van der Waals surface area contributed by atoms with Crippen LogP contribution in [0.2, 0.25) is 5.02 Å². The summed E-state index contributed by atoms with van der Waals surface area (Å²) < 4.78 is 26.2. The number of piperidine rings is 1. The van der Waals surface area contributed by atoms with Crippen molar-refractivity contribution in [1.82, 2.24) is 4.31 Å². The summed E-state index contributed by atoms with van der Waals surface area (Å²) in [7, 11) is -4.00. The lowest BCUT2D eigenvalue weighted by atomic mass is 10.1. The standard InChI is InChI=1S/C13H13ClN2O4S/c14-10-7-9(8-15)4-5-12(10)21(19,20)16-6-2-1-3-11(16)13(17)18/h4-5,7,11H,1-3,6H2,(H,17,18). The minimum atomic E-state index is -4.00. The van der Waals surface area contributed by atoms with Gasteiger partial charge in [0.15, 0.2) is 0 Å². The summed E-state index contributed by atoms with van der Waals surface area (Å²) in [6.07, 6.45) is 1.56. The van der Waals surface area contributed by atoms with Gasteiger partial charge < -0.3 is 5.11 Å². The van der Waals surface area contributed by atoms with Crippen molar-refractivity contribution in [3.63, 3.8) is 0 Å². The van der Waals surface area contributed by atoms with Crippen LogP contribution in [0.5, 0.6) is 0 Å². The van der Waals surface area contributed by atoms with Gasteiger partial charge in [0, 0.05) is 6.54 Å². The highest BCUT2D eigenvalue weighted by molar-refractivity contribution is 7.89. The molecule has 0 amide bonds. The fourth-order valence-electron chi connectivity index (χ4n) is 2.35. The Morgan fingerprint density at radius 2 is 2.14 bits per heavy atom. The quantitative estimate of drug-likeness (QED) is 0.912. The highest BCUT2D eigenvalue weighted by atomic mass is 35.5. The summed E-state index contributed by atoms with van der Waals surface area (Å²) in [5.41, 5.74) is 0.243. The zero-order valence-electron chi connectivity index (χ0n) is 11.0. The maximum Gasteiger partial charge on any atom is 0.322 e. The predicted molar refractivity (Wildman–Crippen MR) is 75.3 cm³/mol. The van der Waals surface area contributed by atoms with Gasteiger partial charge in [0.2, 0.25) is 10.0 Å². The SMILES string of the molecule is N#Cc1ccc(S(=O)(=O)N2CCCCC2C(=O)O)c(Cl)c1. The molecule has 0 radical (unpaired) electrons. The molecule has 8 heteroatoms. The van der Waals surface area contributed by atoms with Crippen LogP contribution in [0.3, 0.4) is 0 Å². The zero-order valence-corrected chi connectivity index (χ0v) is 12.6. The number of benzene rings is 1. The third-order valence-electron chi connectivity index (χ3n) is 3.39. The first kappa shape index (κ1) is 15.8. The van der Waals surface area contributed by atoms with E-state index in [1.54, 1.807) is 0 Å². The van der Waals surface area contributed by atoms with Crippen LogP contribution in [0.15, 0.2) is 23.1 Å². The minimum Gasteiger partial charge on any atom is -0.480 e. The van der Waals surface area contributed by atoms with Crippen molar-refractivity contribution in [1.29, 1.82) is 5.26 Å². The molecule has 0 aliphatic carbocycles. The Kier molecular flexibility index (Phi) is 4.52. The Labute approximate surface area is 127 Å². The van der Waals surface area contributed by atoms with Crippen LogP contribution in [0.1, 0.15) is 24.8 Å². The molecule has 1 aromatic carbocycles. The lowest BCUT2D eigenvalue weighted by Crippen LogP contribution is -2.47. The van der Waals surface area contributed by atoms with Gasteiger partial charge in [-0.2, -0.15) is 9.57 Å². The predicted octanol–water partition coefficient (Wildman–Crippen LogP) is 1.84. The molecular weight excluding hydrogens is 316 g/mol. The smallest absolute Gasteiger partial charge is 0.322 e. The van der Waals surface area contributed by atoms with Crippen molar-refractivity contribution < 1.29 is 18.3 Å². The van der Waals surface area contributed by atoms with Crippen LogP contribution in [0.25, 0.3) is 0 Å². The molecule has 0 aromatic heterocycles. The summed E-state index contributed by atoms with van der Waals surface area (Å²) in [5.74, 6) is -1.16.